The lowest BCUT2D eigenvalue weighted by Gasteiger charge is -2.28. The van der Waals surface area contributed by atoms with Gasteiger partial charge in [0.25, 0.3) is 0 Å². The van der Waals surface area contributed by atoms with Gasteiger partial charge in [0.1, 0.15) is 0 Å². The van der Waals surface area contributed by atoms with Gasteiger partial charge in [0.15, 0.2) is 0 Å². The molecular weight excluding hydrogens is 515 g/mol. The van der Waals surface area contributed by atoms with E-state index in [1.165, 1.54) is 86.0 Å². The summed E-state index contributed by atoms with van der Waals surface area (Å²) in [4.78, 5) is 0. The fourth-order valence-corrected chi connectivity index (χ4v) is 8.95. The zero-order valence-corrected chi connectivity index (χ0v) is 23.2. The number of fused-ring (bicyclic) bond motifs is 12. The molecule has 1 aliphatic heterocycles. The number of aryl methyl sites for hydroxylation is 1. The second-order valence-corrected chi connectivity index (χ2v) is 12.4. The van der Waals surface area contributed by atoms with Crippen molar-refractivity contribution in [3.05, 3.63) is 127 Å². The minimum atomic E-state index is 0.0631. The van der Waals surface area contributed by atoms with Gasteiger partial charge in [-0.2, -0.15) is 0 Å². The van der Waals surface area contributed by atoms with Crippen LogP contribution in [0.1, 0.15) is 5.56 Å². The van der Waals surface area contributed by atoms with Gasteiger partial charge in [-0.3, -0.25) is 0 Å². The van der Waals surface area contributed by atoms with Crippen LogP contribution in [0.3, 0.4) is 0 Å². The van der Waals surface area contributed by atoms with Crippen LogP contribution in [-0.2, 0) is 0 Å². The number of aromatic nitrogens is 2. The maximum atomic E-state index is 2.61. The van der Waals surface area contributed by atoms with Crippen molar-refractivity contribution >= 4 is 92.9 Å². The average molecular weight is 538 g/mol. The van der Waals surface area contributed by atoms with E-state index < -0.39 is 0 Å². The number of thiophene rings is 1. The summed E-state index contributed by atoms with van der Waals surface area (Å²) in [6.07, 6.45) is 0. The molecule has 4 heterocycles. The minimum Gasteiger partial charge on any atom is -0.376 e. The zero-order chi connectivity index (χ0) is 26.8. The van der Waals surface area contributed by atoms with E-state index in [2.05, 4.69) is 137 Å². The van der Waals surface area contributed by atoms with Crippen molar-refractivity contribution in [1.82, 2.24) is 9.05 Å². The van der Waals surface area contributed by atoms with Crippen LogP contribution in [0.5, 0.6) is 0 Å². The summed E-state index contributed by atoms with van der Waals surface area (Å²) in [5.41, 5.74) is 10.5. The molecule has 0 saturated heterocycles. The third-order valence-electron chi connectivity index (χ3n) is 9.28. The standard InChI is InChI=1S/C37H23BN2S/c1-22-10-8-13-25-23-11-2-5-17-30(23)40(35(22)25)38-28-15-4-6-18-31(28)39-32-21-20-26-24-12-3-7-19-33(24)41-37(26)34(32)27-14-9-16-29(38)36(27)39/h2-21H,1H3. The summed E-state index contributed by atoms with van der Waals surface area (Å²) in [5.74, 6) is 0. The second kappa shape index (κ2) is 7.69. The number of nitrogens with zero attached hydrogens (tertiary/aromatic N) is 2. The molecule has 190 valence electrons. The summed E-state index contributed by atoms with van der Waals surface area (Å²) in [6.45, 7) is 2.32. The van der Waals surface area contributed by atoms with E-state index in [4.69, 9.17) is 0 Å². The van der Waals surface area contributed by atoms with Crippen LogP contribution >= 0.6 is 11.3 Å². The number of benzene rings is 6. The molecule has 0 bridgehead atoms. The normalized spacial score (nSPS) is 13.0. The quantitative estimate of drug-likeness (QED) is 0.185. The van der Waals surface area contributed by atoms with Gasteiger partial charge in [-0.05, 0) is 47.7 Å². The molecule has 3 aromatic heterocycles. The third kappa shape index (κ3) is 2.64. The lowest BCUT2D eigenvalue weighted by Crippen LogP contribution is -2.53. The maximum Gasteiger partial charge on any atom is 0.332 e. The van der Waals surface area contributed by atoms with Crippen LogP contribution in [0, 0.1) is 6.92 Å². The first-order valence-electron chi connectivity index (χ1n) is 14.2. The van der Waals surface area contributed by atoms with Crippen LogP contribution in [-0.4, -0.2) is 15.9 Å². The van der Waals surface area contributed by atoms with Gasteiger partial charge < -0.3 is 9.05 Å². The predicted molar refractivity (Wildman–Crippen MR) is 178 cm³/mol. The van der Waals surface area contributed by atoms with E-state index in [9.17, 15) is 0 Å². The van der Waals surface area contributed by atoms with Crippen molar-refractivity contribution in [3.8, 4) is 5.69 Å². The number of para-hydroxylation sites is 4. The Bertz CT molecular complexity index is 2560. The highest BCUT2D eigenvalue weighted by atomic mass is 32.1. The molecule has 0 spiro atoms. The van der Waals surface area contributed by atoms with Crippen LogP contribution < -0.4 is 10.9 Å². The van der Waals surface area contributed by atoms with Gasteiger partial charge in [-0.1, -0.05) is 97.1 Å². The first-order valence-corrected chi connectivity index (χ1v) is 15.1. The van der Waals surface area contributed by atoms with E-state index in [0.29, 0.717) is 0 Å². The lowest BCUT2D eigenvalue weighted by atomic mass is 9.48. The maximum absolute atomic E-state index is 2.61. The number of hydrogen-bond donors (Lipinski definition) is 0. The van der Waals surface area contributed by atoms with Crippen molar-refractivity contribution in [2.24, 2.45) is 0 Å². The summed E-state index contributed by atoms with van der Waals surface area (Å²) in [6, 6.07) is 45.2. The molecule has 4 heteroatoms. The molecule has 0 amide bonds. The molecule has 0 unspecified atom stereocenters. The van der Waals surface area contributed by atoms with Crippen molar-refractivity contribution in [2.75, 3.05) is 0 Å². The SMILES string of the molecule is Cc1cccc2c3ccccc3n(B3c4ccccc4-n4c5ccc6c7ccccc7sc6c5c5cccc3c54)c12. The van der Waals surface area contributed by atoms with E-state index in [0.717, 1.165) is 0 Å². The Morgan fingerprint density at radius 1 is 0.537 bits per heavy atom. The van der Waals surface area contributed by atoms with Crippen molar-refractivity contribution in [1.29, 1.82) is 0 Å². The van der Waals surface area contributed by atoms with Gasteiger partial charge in [-0.15, -0.1) is 11.3 Å². The number of rotatable bonds is 1. The molecule has 9 aromatic rings. The lowest BCUT2D eigenvalue weighted by molar-refractivity contribution is 1.18. The average Bonchev–Trinajstić information content (AvgIpc) is 3.67. The van der Waals surface area contributed by atoms with Crippen molar-refractivity contribution < 1.29 is 0 Å². The molecule has 0 N–H and O–H groups in total. The highest BCUT2D eigenvalue weighted by Crippen LogP contribution is 2.44. The fourth-order valence-electron chi connectivity index (χ4n) is 7.69. The van der Waals surface area contributed by atoms with Crippen LogP contribution in [0.15, 0.2) is 121 Å². The second-order valence-electron chi connectivity index (χ2n) is 11.3. The largest absolute Gasteiger partial charge is 0.376 e. The molecular formula is C37H23BN2S. The third-order valence-corrected chi connectivity index (χ3v) is 10.5. The fraction of sp³-hybridized carbons (Fsp3) is 0.0270. The monoisotopic (exact) mass is 538 g/mol. The van der Waals surface area contributed by atoms with Gasteiger partial charge in [0.05, 0.1) is 11.0 Å². The highest BCUT2D eigenvalue weighted by molar-refractivity contribution is 7.26. The summed E-state index contributed by atoms with van der Waals surface area (Å²) < 4.78 is 7.88. The Morgan fingerprint density at radius 2 is 1.27 bits per heavy atom. The highest BCUT2D eigenvalue weighted by Gasteiger charge is 2.36. The minimum absolute atomic E-state index is 0.0631. The molecule has 41 heavy (non-hydrogen) atoms. The molecule has 0 radical (unpaired) electrons. The van der Waals surface area contributed by atoms with Crippen LogP contribution in [0.25, 0.3) is 69.5 Å². The first-order chi connectivity index (χ1) is 20.3. The molecule has 0 saturated carbocycles. The van der Waals surface area contributed by atoms with Crippen LogP contribution in [0.2, 0.25) is 0 Å². The predicted octanol–water partition coefficient (Wildman–Crippen LogP) is 8.54. The molecule has 0 aliphatic carbocycles. The van der Waals surface area contributed by atoms with E-state index in [-0.39, 0.29) is 6.85 Å². The smallest absolute Gasteiger partial charge is 0.332 e. The number of hydrogen-bond acceptors (Lipinski definition) is 1. The molecule has 6 aromatic carbocycles. The molecule has 0 fully saturated rings. The van der Waals surface area contributed by atoms with E-state index in [1.807, 2.05) is 11.3 Å². The molecule has 1 aliphatic rings. The van der Waals surface area contributed by atoms with Gasteiger partial charge >= 0.3 is 6.85 Å². The van der Waals surface area contributed by atoms with E-state index in [1.54, 1.807) is 0 Å². The van der Waals surface area contributed by atoms with Gasteiger partial charge in [0.2, 0.25) is 0 Å². The summed E-state index contributed by atoms with van der Waals surface area (Å²) >= 11 is 1.92. The Hall–Kier alpha value is -4.80. The van der Waals surface area contributed by atoms with E-state index >= 15 is 0 Å². The van der Waals surface area contributed by atoms with Gasteiger partial charge in [0, 0.05) is 58.4 Å². The first kappa shape index (κ1) is 22.0. The molecule has 10 rings (SSSR count). The Morgan fingerprint density at radius 3 is 2.22 bits per heavy atom. The van der Waals surface area contributed by atoms with Crippen molar-refractivity contribution in [2.45, 2.75) is 6.92 Å². The summed E-state index contributed by atoms with van der Waals surface area (Å²) in [5, 5.41) is 8.04. The van der Waals surface area contributed by atoms with Gasteiger partial charge in [-0.25, -0.2) is 0 Å². The molecule has 2 nitrogen and oxygen atoms in total. The van der Waals surface area contributed by atoms with Crippen molar-refractivity contribution in [3.63, 3.8) is 0 Å². The topological polar surface area (TPSA) is 9.86 Å². The van der Waals surface area contributed by atoms with Crippen LogP contribution in [0.4, 0.5) is 0 Å². The zero-order valence-electron chi connectivity index (χ0n) is 22.4. The Labute approximate surface area is 240 Å². The molecule has 0 atom stereocenters. The summed E-state index contributed by atoms with van der Waals surface area (Å²) in [7, 11) is 0. The Kier molecular flexibility index (Phi) is 4.12. The Balaban J connectivity index is 1.42.